The third kappa shape index (κ3) is 4.45. The van der Waals surface area contributed by atoms with Crippen LogP contribution in [-0.2, 0) is 0 Å². The molecule has 122 valence electrons. The summed E-state index contributed by atoms with van der Waals surface area (Å²) >= 11 is 3.16. The number of amides is 1. The van der Waals surface area contributed by atoms with Crippen LogP contribution in [0.1, 0.15) is 24.2 Å². The van der Waals surface area contributed by atoms with Crippen LogP contribution in [0.5, 0.6) is 11.5 Å². The van der Waals surface area contributed by atoms with Gasteiger partial charge in [-0.3, -0.25) is 4.79 Å². The molecule has 2 aromatic rings. The second-order valence-corrected chi connectivity index (χ2v) is 5.52. The monoisotopic (exact) mass is 381 g/mol. The van der Waals surface area contributed by atoms with E-state index < -0.39 is 11.7 Å². The number of hydrogen-bond donors (Lipinski definition) is 1. The van der Waals surface area contributed by atoms with Crippen molar-refractivity contribution in [2.45, 2.75) is 13.8 Å². The third-order valence-electron chi connectivity index (χ3n) is 2.99. The van der Waals surface area contributed by atoms with Gasteiger partial charge in [0.2, 0.25) is 0 Å². The van der Waals surface area contributed by atoms with Gasteiger partial charge >= 0.3 is 0 Å². The predicted molar refractivity (Wildman–Crippen MR) is 90.8 cm³/mol. The maximum atomic E-state index is 13.9. The average molecular weight is 382 g/mol. The number of ether oxygens (including phenoxy) is 2. The van der Waals surface area contributed by atoms with Crippen LogP contribution in [0.2, 0.25) is 0 Å². The van der Waals surface area contributed by atoms with E-state index in [-0.39, 0.29) is 5.56 Å². The first kappa shape index (κ1) is 17.3. The number of anilines is 1. The molecule has 1 N–H and O–H groups in total. The van der Waals surface area contributed by atoms with E-state index in [4.69, 9.17) is 9.47 Å². The summed E-state index contributed by atoms with van der Waals surface area (Å²) in [6, 6.07) is 9.39. The number of benzene rings is 2. The summed E-state index contributed by atoms with van der Waals surface area (Å²) in [7, 11) is 0. The molecule has 1 amide bonds. The van der Waals surface area contributed by atoms with E-state index in [1.54, 1.807) is 24.3 Å². The summed E-state index contributed by atoms with van der Waals surface area (Å²) in [5.74, 6) is -0.0512. The lowest BCUT2D eigenvalue weighted by Crippen LogP contribution is -2.14. The van der Waals surface area contributed by atoms with Crippen molar-refractivity contribution < 1.29 is 18.7 Å². The average Bonchev–Trinajstić information content (AvgIpc) is 2.50. The largest absolute Gasteiger partial charge is 0.494 e. The lowest BCUT2D eigenvalue weighted by molar-refractivity contribution is 0.102. The Bertz CT molecular complexity index is 706. The van der Waals surface area contributed by atoms with Crippen molar-refractivity contribution in [2.24, 2.45) is 0 Å². The van der Waals surface area contributed by atoms with Crippen LogP contribution in [-0.4, -0.2) is 19.1 Å². The van der Waals surface area contributed by atoms with Crippen molar-refractivity contribution in [3.05, 3.63) is 52.3 Å². The predicted octanol–water partition coefficient (Wildman–Crippen LogP) is 4.64. The number of nitrogens with one attached hydrogen (secondary N) is 1. The quantitative estimate of drug-likeness (QED) is 0.792. The van der Waals surface area contributed by atoms with Gasteiger partial charge in [-0.1, -0.05) is 15.9 Å². The van der Waals surface area contributed by atoms with Gasteiger partial charge in [0.15, 0.2) is 0 Å². The SMILES string of the molecule is CCOc1ccc(OCC)c(NC(=O)c2ccc(Br)cc2F)c1. The van der Waals surface area contributed by atoms with Crippen LogP contribution in [0.4, 0.5) is 10.1 Å². The Balaban J connectivity index is 2.29. The van der Waals surface area contributed by atoms with Gasteiger partial charge in [0.1, 0.15) is 17.3 Å². The highest BCUT2D eigenvalue weighted by atomic mass is 79.9. The Morgan fingerprint density at radius 3 is 2.52 bits per heavy atom. The standard InChI is InChI=1S/C17H17BrFNO3/c1-3-22-12-6-8-16(23-4-2)15(10-12)20-17(21)13-7-5-11(18)9-14(13)19/h5-10H,3-4H2,1-2H3,(H,20,21). The second-order valence-electron chi connectivity index (χ2n) is 4.60. The van der Waals surface area contributed by atoms with Gasteiger partial charge in [-0.05, 0) is 44.2 Å². The molecular weight excluding hydrogens is 365 g/mol. The highest BCUT2D eigenvalue weighted by Gasteiger charge is 2.15. The Hall–Kier alpha value is -2.08. The molecule has 6 heteroatoms. The lowest BCUT2D eigenvalue weighted by atomic mass is 10.2. The van der Waals surface area contributed by atoms with Gasteiger partial charge in [0, 0.05) is 10.5 Å². The van der Waals surface area contributed by atoms with Crippen LogP contribution < -0.4 is 14.8 Å². The fourth-order valence-electron chi connectivity index (χ4n) is 2.01. The molecule has 2 rings (SSSR count). The fourth-order valence-corrected chi connectivity index (χ4v) is 2.34. The van der Waals surface area contributed by atoms with Gasteiger partial charge in [-0.15, -0.1) is 0 Å². The molecule has 0 aromatic heterocycles. The molecule has 0 aliphatic carbocycles. The Labute approximate surface area is 142 Å². The summed E-state index contributed by atoms with van der Waals surface area (Å²) in [5.41, 5.74) is 0.391. The molecule has 0 heterocycles. The lowest BCUT2D eigenvalue weighted by Gasteiger charge is -2.14. The summed E-state index contributed by atoms with van der Waals surface area (Å²) in [4.78, 5) is 12.3. The zero-order valence-electron chi connectivity index (χ0n) is 12.9. The Morgan fingerprint density at radius 1 is 1.13 bits per heavy atom. The highest BCUT2D eigenvalue weighted by Crippen LogP contribution is 2.30. The minimum absolute atomic E-state index is 0.0440. The minimum Gasteiger partial charge on any atom is -0.494 e. The number of carbonyl (C=O) groups is 1. The second kappa shape index (κ2) is 7.97. The van der Waals surface area contributed by atoms with E-state index in [0.717, 1.165) is 0 Å². The Kier molecular flexibility index (Phi) is 5.98. The van der Waals surface area contributed by atoms with Crippen LogP contribution in [0.15, 0.2) is 40.9 Å². The molecule has 2 aromatic carbocycles. The van der Waals surface area contributed by atoms with Crippen molar-refractivity contribution in [2.75, 3.05) is 18.5 Å². The maximum Gasteiger partial charge on any atom is 0.258 e. The molecule has 0 bridgehead atoms. The summed E-state index contributed by atoms with van der Waals surface area (Å²) in [6.07, 6.45) is 0. The zero-order chi connectivity index (χ0) is 16.8. The molecule has 0 spiro atoms. The normalized spacial score (nSPS) is 10.3. The number of halogens is 2. The maximum absolute atomic E-state index is 13.9. The van der Waals surface area contributed by atoms with Crippen molar-refractivity contribution in [3.8, 4) is 11.5 Å². The van der Waals surface area contributed by atoms with Crippen LogP contribution >= 0.6 is 15.9 Å². The highest BCUT2D eigenvalue weighted by molar-refractivity contribution is 9.10. The molecule has 0 unspecified atom stereocenters. The molecule has 0 atom stereocenters. The number of hydrogen-bond acceptors (Lipinski definition) is 3. The van der Waals surface area contributed by atoms with Gasteiger partial charge < -0.3 is 14.8 Å². The molecule has 0 aliphatic rings. The summed E-state index contributed by atoms with van der Waals surface area (Å²) in [6.45, 7) is 4.66. The van der Waals surface area contributed by atoms with E-state index in [0.29, 0.717) is 34.9 Å². The molecule has 0 saturated carbocycles. The summed E-state index contributed by atoms with van der Waals surface area (Å²) in [5, 5.41) is 2.67. The van der Waals surface area contributed by atoms with Gasteiger partial charge in [-0.25, -0.2) is 4.39 Å². The number of rotatable bonds is 6. The van der Waals surface area contributed by atoms with Crippen LogP contribution in [0.3, 0.4) is 0 Å². The first-order valence-corrected chi connectivity index (χ1v) is 8.00. The molecule has 0 aliphatic heterocycles. The van der Waals surface area contributed by atoms with Crippen molar-refractivity contribution in [1.82, 2.24) is 0 Å². The topological polar surface area (TPSA) is 47.6 Å². The van der Waals surface area contributed by atoms with Crippen LogP contribution in [0, 0.1) is 5.82 Å². The third-order valence-corrected chi connectivity index (χ3v) is 3.48. The molecule has 0 radical (unpaired) electrons. The van der Waals surface area contributed by atoms with E-state index in [9.17, 15) is 9.18 Å². The van der Waals surface area contributed by atoms with Crippen molar-refractivity contribution in [1.29, 1.82) is 0 Å². The van der Waals surface area contributed by atoms with Gasteiger partial charge in [0.05, 0.1) is 24.5 Å². The molecule has 4 nitrogen and oxygen atoms in total. The first-order valence-electron chi connectivity index (χ1n) is 7.21. The first-order chi connectivity index (χ1) is 11.0. The summed E-state index contributed by atoms with van der Waals surface area (Å²) < 4.78 is 25.4. The van der Waals surface area contributed by atoms with E-state index in [1.807, 2.05) is 13.8 Å². The molecular formula is C17H17BrFNO3. The van der Waals surface area contributed by atoms with E-state index in [2.05, 4.69) is 21.2 Å². The van der Waals surface area contributed by atoms with Crippen molar-refractivity contribution in [3.63, 3.8) is 0 Å². The minimum atomic E-state index is -0.601. The molecule has 0 fully saturated rings. The van der Waals surface area contributed by atoms with E-state index in [1.165, 1.54) is 12.1 Å². The zero-order valence-corrected chi connectivity index (χ0v) is 14.4. The Morgan fingerprint density at radius 2 is 1.87 bits per heavy atom. The molecule has 23 heavy (non-hydrogen) atoms. The fraction of sp³-hybridized carbons (Fsp3) is 0.235. The van der Waals surface area contributed by atoms with E-state index >= 15 is 0 Å². The smallest absolute Gasteiger partial charge is 0.258 e. The van der Waals surface area contributed by atoms with Crippen LogP contribution in [0.25, 0.3) is 0 Å². The van der Waals surface area contributed by atoms with Gasteiger partial charge in [-0.2, -0.15) is 0 Å². The molecule has 0 saturated heterocycles. The van der Waals surface area contributed by atoms with Gasteiger partial charge in [0.25, 0.3) is 5.91 Å². The number of carbonyl (C=O) groups excluding carboxylic acids is 1. The van der Waals surface area contributed by atoms with Crippen molar-refractivity contribution >= 4 is 27.5 Å².